The Labute approximate surface area is 103 Å². The highest BCUT2D eigenvalue weighted by atomic mass is 16.6. The standard InChI is InChI=1S/C11H12N2O5/c1-17-10(15)12-7-3-5-8(9(14)6-4-7)13(12)11(16)18-2/h3-8H,1-2H3/t7-,8+/m1/s1. The van der Waals surface area contributed by atoms with Crippen LogP contribution < -0.4 is 0 Å². The highest BCUT2D eigenvalue weighted by Gasteiger charge is 2.43. The summed E-state index contributed by atoms with van der Waals surface area (Å²) in [7, 11) is 2.38. The topological polar surface area (TPSA) is 76.2 Å². The third-order valence-corrected chi connectivity index (χ3v) is 2.74. The summed E-state index contributed by atoms with van der Waals surface area (Å²) >= 11 is 0. The average Bonchev–Trinajstić information content (AvgIpc) is 2.66. The molecule has 3 rings (SSSR count). The van der Waals surface area contributed by atoms with E-state index in [0.717, 1.165) is 10.0 Å². The number of ketones is 1. The molecule has 2 amide bonds. The minimum absolute atomic E-state index is 0.300. The van der Waals surface area contributed by atoms with Gasteiger partial charge in [0.1, 0.15) is 6.04 Å². The predicted molar refractivity (Wildman–Crippen MR) is 59.4 cm³/mol. The van der Waals surface area contributed by atoms with Crippen LogP contribution in [0.25, 0.3) is 0 Å². The number of fused-ring (bicyclic) bond motifs is 2. The van der Waals surface area contributed by atoms with Crippen molar-refractivity contribution in [3.63, 3.8) is 0 Å². The van der Waals surface area contributed by atoms with Crippen molar-refractivity contribution in [1.82, 2.24) is 10.0 Å². The molecule has 0 aromatic carbocycles. The minimum atomic E-state index is -0.883. The molecule has 7 nitrogen and oxygen atoms in total. The number of rotatable bonds is 0. The van der Waals surface area contributed by atoms with Gasteiger partial charge in [-0.3, -0.25) is 4.79 Å². The van der Waals surface area contributed by atoms with Gasteiger partial charge in [-0.25, -0.2) is 14.6 Å². The third kappa shape index (κ3) is 1.73. The van der Waals surface area contributed by atoms with Gasteiger partial charge in [0.2, 0.25) is 0 Å². The van der Waals surface area contributed by atoms with Crippen LogP contribution in [0.3, 0.4) is 0 Å². The molecule has 0 radical (unpaired) electrons. The van der Waals surface area contributed by atoms with Crippen molar-refractivity contribution in [1.29, 1.82) is 0 Å². The third-order valence-electron chi connectivity index (χ3n) is 2.74. The first-order valence-corrected chi connectivity index (χ1v) is 5.24. The maximum Gasteiger partial charge on any atom is 0.429 e. The first kappa shape index (κ1) is 12.2. The summed E-state index contributed by atoms with van der Waals surface area (Å²) in [6.07, 6.45) is 4.55. The molecule has 0 aromatic rings. The molecule has 2 bridgehead atoms. The fraction of sp³-hybridized carbons (Fsp3) is 0.364. The summed E-state index contributed by atoms with van der Waals surface area (Å²) in [6, 6.07) is -1.43. The van der Waals surface area contributed by atoms with Crippen molar-refractivity contribution < 1.29 is 23.9 Å². The Kier molecular flexibility index (Phi) is 3.05. The Morgan fingerprint density at radius 3 is 2.28 bits per heavy atom. The molecule has 0 saturated heterocycles. The predicted octanol–water partition coefficient (Wildman–Crippen LogP) is 0.484. The van der Waals surface area contributed by atoms with Gasteiger partial charge in [0.05, 0.1) is 20.3 Å². The van der Waals surface area contributed by atoms with E-state index in [4.69, 9.17) is 0 Å². The molecular formula is C11H12N2O5. The molecule has 18 heavy (non-hydrogen) atoms. The Bertz CT molecular complexity index is 456. The second-order valence-corrected chi connectivity index (χ2v) is 3.71. The SMILES string of the molecule is COC(=O)N1[C@H]2C=CC(=O)[C@H](C=C2)N1C(=O)OC. The molecule has 3 aliphatic rings. The Morgan fingerprint density at radius 2 is 1.67 bits per heavy atom. The number of carbonyl (C=O) groups excluding carboxylic acids is 3. The van der Waals surface area contributed by atoms with Gasteiger partial charge in [0, 0.05) is 0 Å². The highest BCUT2D eigenvalue weighted by Crippen LogP contribution is 2.24. The van der Waals surface area contributed by atoms with E-state index in [2.05, 4.69) is 9.47 Å². The first-order chi connectivity index (χ1) is 8.60. The number of methoxy groups -OCH3 is 2. The molecule has 0 fully saturated rings. The summed E-state index contributed by atoms with van der Waals surface area (Å²) in [5, 5.41) is 2.01. The first-order valence-electron chi connectivity index (χ1n) is 5.24. The summed E-state index contributed by atoms with van der Waals surface area (Å²) in [6.45, 7) is 0. The second-order valence-electron chi connectivity index (χ2n) is 3.71. The van der Waals surface area contributed by atoms with Crippen molar-refractivity contribution in [2.45, 2.75) is 12.1 Å². The quantitative estimate of drug-likeness (QED) is 0.586. The van der Waals surface area contributed by atoms with Gasteiger partial charge in [-0.05, 0) is 6.08 Å². The minimum Gasteiger partial charge on any atom is -0.451 e. The van der Waals surface area contributed by atoms with Gasteiger partial charge in [0.25, 0.3) is 0 Å². The lowest BCUT2D eigenvalue weighted by Gasteiger charge is -2.39. The fourth-order valence-electron chi connectivity index (χ4n) is 1.91. The van der Waals surface area contributed by atoms with Gasteiger partial charge >= 0.3 is 12.2 Å². The van der Waals surface area contributed by atoms with Crippen LogP contribution in [-0.4, -0.2) is 54.3 Å². The highest BCUT2D eigenvalue weighted by molar-refractivity contribution is 5.99. The Balaban J connectivity index is 2.45. The molecule has 96 valence electrons. The van der Waals surface area contributed by atoms with Crippen molar-refractivity contribution in [2.24, 2.45) is 0 Å². The van der Waals surface area contributed by atoms with Gasteiger partial charge in [-0.2, -0.15) is 5.01 Å². The number of hydrazine groups is 1. The van der Waals surface area contributed by atoms with Crippen LogP contribution in [0.1, 0.15) is 0 Å². The normalized spacial score (nSPS) is 25.1. The zero-order chi connectivity index (χ0) is 13.3. The lowest BCUT2D eigenvalue weighted by molar-refractivity contribution is -0.122. The monoisotopic (exact) mass is 252 g/mol. The molecule has 7 heteroatoms. The van der Waals surface area contributed by atoms with Crippen LogP contribution in [0.15, 0.2) is 24.3 Å². The maximum absolute atomic E-state index is 11.8. The number of amides is 2. The van der Waals surface area contributed by atoms with Crippen LogP contribution in [-0.2, 0) is 14.3 Å². The van der Waals surface area contributed by atoms with Gasteiger partial charge in [-0.1, -0.05) is 18.2 Å². The molecule has 2 aliphatic heterocycles. The number of ether oxygens (including phenoxy) is 2. The molecule has 0 N–H and O–H groups in total. The molecular weight excluding hydrogens is 240 g/mol. The van der Waals surface area contributed by atoms with Crippen LogP contribution in [0.4, 0.5) is 9.59 Å². The molecule has 0 spiro atoms. The van der Waals surface area contributed by atoms with E-state index in [-0.39, 0.29) is 5.78 Å². The summed E-state index contributed by atoms with van der Waals surface area (Å²) in [5.41, 5.74) is 0. The van der Waals surface area contributed by atoms with Crippen molar-refractivity contribution in [3.05, 3.63) is 24.3 Å². The molecule has 2 atom stereocenters. The molecule has 0 unspecified atom stereocenters. The lowest BCUT2D eigenvalue weighted by Crippen LogP contribution is -2.59. The summed E-state index contributed by atoms with van der Waals surface area (Å²) in [5.74, 6) is -0.300. The zero-order valence-electron chi connectivity index (χ0n) is 9.90. The van der Waals surface area contributed by atoms with Gasteiger partial charge < -0.3 is 9.47 Å². The van der Waals surface area contributed by atoms with Crippen LogP contribution in [0.2, 0.25) is 0 Å². The van der Waals surface area contributed by atoms with Crippen molar-refractivity contribution >= 4 is 18.0 Å². The van der Waals surface area contributed by atoms with Crippen molar-refractivity contribution in [2.75, 3.05) is 14.2 Å². The number of nitrogens with zero attached hydrogens (tertiary/aromatic N) is 2. The molecule has 1 aliphatic carbocycles. The van der Waals surface area contributed by atoms with E-state index in [1.54, 1.807) is 12.2 Å². The van der Waals surface area contributed by atoms with E-state index >= 15 is 0 Å². The maximum atomic E-state index is 11.8. The summed E-state index contributed by atoms with van der Waals surface area (Å²) < 4.78 is 9.21. The van der Waals surface area contributed by atoms with E-state index in [1.807, 2.05) is 0 Å². The van der Waals surface area contributed by atoms with Gasteiger partial charge in [0.15, 0.2) is 5.78 Å². The second kappa shape index (κ2) is 4.52. The largest absolute Gasteiger partial charge is 0.451 e. The number of hydrogen-bond donors (Lipinski definition) is 0. The molecule has 0 saturated carbocycles. The zero-order valence-corrected chi connectivity index (χ0v) is 9.90. The average molecular weight is 252 g/mol. The van der Waals surface area contributed by atoms with Crippen LogP contribution in [0, 0.1) is 0 Å². The Morgan fingerprint density at radius 1 is 1.06 bits per heavy atom. The van der Waals surface area contributed by atoms with Crippen LogP contribution >= 0.6 is 0 Å². The summed E-state index contributed by atoms with van der Waals surface area (Å²) in [4.78, 5) is 35.2. The van der Waals surface area contributed by atoms with E-state index in [9.17, 15) is 14.4 Å². The molecule has 0 aromatic heterocycles. The van der Waals surface area contributed by atoms with E-state index in [0.29, 0.717) is 0 Å². The van der Waals surface area contributed by atoms with Crippen molar-refractivity contribution in [3.8, 4) is 0 Å². The number of hydrogen-bond acceptors (Lipinski definition) is 5. The fourth-order valence-corrected chi connectivity index (χ4v) is 1.91. The smallest absolute Gasteiger partial charge is 0.429 e. The lowest BCUT2D eigenvalue weighted by atomic mass is 10.1. The van der Waals surface area contributed by atoms with E-state index < -0.39 is 24.3 Å². The Hall–Kier alpha value is -2.31. The van der Waals surface area contributed by atoms with Gasteiger partial charge in [-0.15, -0.1) is 0 Å². The van der Waals surface area contributed by atoms with E-state index in [1.165, 1.54) is 26.4 Å². The number of carbonyl (C=O) groups is 3. The van der Waals surface area contributed by atoms with Crippen LogP contribution in [0.5, 0.6) is 0 Å². The molecule has 2 heterocycles.